The summed E-state index contributed by atoms with van der Waals surface area (Å²) in [6.07, 6.45) is 1.13. The molecule has 0 spiro atoms. The normalized spacial score (nSPS) is 28.8. The van der Waals surface area contributed by atoms with Crippen LogP contribution in [0.5, 0.6) is 0 Å². The van der Waals surface area contributed by atoms with E-state index in [1.165, 1.54) is 0 Å². The van der Waals surface area contributed by atoms with Crippen molar-refractivity contribution in [1.29, 1.82) is 0 Å². The molecule has 11 heavy (non-hydrogen) atoms. The van der Waals surface area contributed by atoms with Gasteiger partial charge in [0, 0.05) is 11.9 Å². The van der Waals surface area contributed by atoms with Crippen molar-refractivity contribution in [1.82, 2.24) is 10.2 Å². The van der Waals surface area contributed by atoms with E-state index in [0.717, 1.165) is 10.8 Å². The Morgan fingerprint density at radius 1 is 1.82 bits per heavy atom. The van der Waals surface area contributed by atoms with Gasteiger partial charge in [0.25, 0.3) is 0 Å². The molecule has 1 aromatic rings. The quantitative estimate of drug-likeness (QED) is 0.769. The average Bonchev–Trinajstić information content (AvgIpc) is 2.54. The van der Waals surface area contributed by atoms with Crippen LogP contribution in [0.4, 0.5) is 0 Å². The van der Waals surface area contributed by atoms with Crippen LogP contribution < -0.4 is 0 Å². The largest absolute Gasteiger partial charge is 0.396 e. The van der Waals surface area contributed by atoms with Gasteiger partial charge in [-0.05, 0) is 12.3 Å². The van der Waals surface area contributed by atoms with E-state index >= 15 is 0 Å². The number of thioether (sulfide) groups is 1. The monoisotopic (exact) mass is 188 g/mol. The first-order valence-corrected chi connectivity index (χ1v) is 5.20. The van der Waals surface area contributed by atoms with E-state index < -0.39 is 0 Å². The highest BCUT2D eigenvalue weighted by Crippen LogP contribution is 2.44. The van der Waals surface area contributed by atoms with Crippen molar-refractivity contribution in [2.24, 2.45) is 5.92 Å². The molecule has 2 rings (SSSR count). The number of aromatic nitrogens is 2. The van der Waals surface area contributed by atoms with Gasteiger partial charge < -0.3 is 5.11 Å². The van der Waals surface area contributed by atoms with Crippen molar-refractivity contribution in [3.63, 3.8) is 0 Å². The molecule has 0 aromatic carbocycles. The van der Waals surface area contributed by atoms with E-state index in [9.17, 15) is 0 Å². The standard InChI is InChI=1S/C6H8N2OS2/c9-2-4-1-5(4)11-6-8-7-3-10-6/h3-5,9H,1-2H2. The highest BCUT2D eigenvalue weighted by molar-refractivity contribution is 8.01. The Labute approximate surface area is 72.9 Å². The first kappa shape index (κ1) is 7.52. The van der Waals surface area contributed by atoms with Crippen LogP contribution in [0.15, 0.2) is 9.85 Å². The smallest absolute Gasteiger partial charge is 0.174 e. The molecule has 1 aliphatic carbocycles. The van der Waals surface area contributed by atoms with Gasteiger partial charge in [-0.1, -0.05) is 23.1 Å². The van der Waals surface area contributed by atoms with Crippen molar-refractivity contribution in [2.75, 3.05) is 6.61 Å². The van der Waals surface area contributed by atoms with Gasteiger partial charge in [-0.3, -0.25) is 0 Å². The second kappa shape index (κ2) is 3.08. The molecule has 1 fully saturated rings. The lowest BCUT2D eigenvalue weighted by molar-refractivity contribution is 0.277. The second-order valence-corrected chi connectivity index (χ2v) is 4.86. The van der Waals surface area contributed by atoms with Crippen LogP contribution in [0, 0.1) is 5.92 Å². The fraction of sp³-hybridized carbons (Fsp3) is 0.667. The molecule has 5 heteroatoms. The molecule has 2 unspecified atom stereocenters. The predicted molar refractivity (Wildman–Crippen MR) is 44.7 cm³/mol. The molecule has 0 saturated heterocycles. The molecule has 0 radical (unpaired) electrons. The summed E-state index contributed by atoms with van der Waals surface area (Å²) in [6, 6.07) is 0. The maximum atomic E-state index is 8.76. The first-order chi connectivity index (χ1) is 5.40. The fourth-order valence-corrected chi connectivity index (χ4v) is 2.88. The van der Waals surface area contributed by atoms with E-state index in [1.54, 1.807) is 28.6 Å². The van der Waals surface area contributed by atoms with Crippen LogP contribution in [0.1, 0.15) is 6.42 Å². The van der Waals surface area contributed by atoms with E-state index in [4.69, 9.17) is 5.11 Å². The Morgan fingerprint density at radius 2 is 2.73 bits per heavy atom. The Kier molecular flexibility index (Phi) is 2.11. The van der Waals surface area contributed by atoms with Crippen LogP contribution >= 0.6 is 23.1 Å². The number of hydrogen-bond acceptors (Lipinski definition) is 5. The van der Waals surface area contributed by atoms with E-state index in [0.29, 0.717) is 17.8 Å². The Balaban J connectivity index is 1.85. The van der Waals surface area contributed by atoms with Gasteiger partial charge in [0.1, 0.15) is 5.51 Å². The zero-order valence-electron chi connectivity index (χ0n) is 5.80. The van der Waals surface area contributed by atoms with E-state index in [-0.39, 0.29) is 0 Å². The van der Waals surface area contributed by atoms with Gasteiger partial charge in [-0.2, -0.15) is 0 Å². The van der Waals surface area contributed by atoms with Crippen molar-refractivity contribution in [2.45, 2.75) is 16.0 Å². The summed E-state index contributed by atoms with van der Waals surface area (Å²) in [7, 11) is 0. The number of aliphatic hydroxyl groups excluding tert-OH is 1. The van der Waals surface area contributed by atoms with Crippen molar-refractivity contribution in [3.8, 4) is 0 Å². The van der Waals surface area contributed by atoms with Crippen molar-refractivity contribution < 1.29 is 5.11 Å². The second-order valence-electron chi connectivity index (χ2n) is 2.54. The van der Waals surface area contributed by atoms with Crippen LogP contribution in [0.25, 0.3) is 0 Å². The molecule has 0 amide bonds. The van der Waals surface area contributed by atoms with Crippen LogP contribution in [-0.4, -0.2) is 27.2 Å². The molecule has 1 aliphatic rings. The molecule has 1 aromatic heterocycles. The number of aliphatic hydroxyl groups is 1. The lowest BCUT2D eigenvalue weighted by Gasteiger charge is -1.90. The summed E-state index contributed by atoms with van der Waals surface area (Å²) in [6.45, 7) is 0.316. The topological polar surface area (TPSA) is 46.0 Å². The van der Waals surface area contributed by atoms with Crippen molar-refractivity contribution in [3.05, 3.63) is 5.51 Å². The molecule has 0 aliphatic heterocycles. The van der Waals surface area contributed by atoms with Crippen molar-refractivity contribution >= 4 is 23.1 Å². The summed E-state index contributed by atoms with van der Waals surface area (Å²) < 4.78 is 1.02. The lowest BCUT2D eigenvalue weighted by atomic mass is 10.5. The Morgan fingerprint density at radius 3 is 3.27 bits per heavy atom. The number of rotatable bonds is 3. The molecule has 0 bridgehead atoms. The summed E-state index contributed by atoms with van der Waals surface area (Å²) >= 11 is 3.30. The fourth-order valence-electron chi connectivity index (χ4n) is 0.900. The van der Waals surface area contributed by atoms with Crippen LogP contribution in [-0.2, 0) is 0 Å². The summed E-state index contributed by atoms with van der Waals surface area (Å²) in [5.74, 6) is 0.504. The van der Waals surface area contributed by atoms with Crippen LogP contribution in [0.3, 0.4) is 0 Å². The zero-order chi connectivity index (χ0) is 7.68. The molecule has 3 nitrogen and oxygen atoms in total. The Hall–Kier alpha value is -0.130. The molecule has 1 heterocycles. The lowest BCUT2D eigenvalue weighted by Crippen LogP contribution is -1.88. The van der Waals surface area contributed by atoms with Crippen LogP contribution in [0.2, 0.25) is 0 Å². The van der Waals surface area contributed by atoms with E-state index in [1.807, 2.05) is 0 Å². The SMILES string of the molecule is OCC1CC1Sc1nncs1. The van der Waals surface area contributed by atoms with Gasteiger partial charge in [-0.15, -0.1) is 10.2 Å². The molecular weight excluding hydrogens is 180 g/mol. The average molecular weight is 188 g/mol. The van der Waals surface area contributed by atoms with Gasteiger partial charge in [0.05, 0.1) is 0 Å². The van der Waals surface area contributed by atoms with E-state index in [2.05, 4.69) is 10.2 Å². The maximum Gasteiger partial charge on any atom is 0.174 e. The predicted octanol–water partition coefficient (Wildman–Crippen LogP) is 1.01. The van der Waals surface area contributed by atoms with Gasteiger partial charge in [0.15, 0.2) is 4.34 Å². The summed E-state index contributed by atoms with van der Waals surface area (Å²) in [4.78, 5) is 0. The highest BCUT2D eigenvalue weighted by atomic mass is 32.2. The third-order valence-electron chi connectivity index (χ3n) is 1.68. The minimum absolute atomic E-state index is 0.316. The minimum atomic E-state index is 0.316. The number of nitrogens with zero attached hydrogens (tertiary/aromatic N) is 2. The molecule has 1 saturated carbocycles. The highest BCUT2D eigenvalue weighted by Gasteiger charge is 2.37. The minimum Gasteiger partial charge on any atom is -0.396 e. The molecule has 2 atom stereocenters. The molecule has 60 valence electrons. The number of hydrogen-bond donors (Lipinski definition) is 1. The summed E-state index contributed by atoms with van der Waals surface area (Å²) in [5.41, 5.74) is 1.73. The maximum absolute atomic E-state index is 8.76. The molecule has 1 N–H and O–H groups in total. The third kappa shape index (κ3) is 1.72. The molecular formula is C6H8N2OS2. The Bertz CT molecular complexity index is 226. The zero-order valence-corrected chi connectivity index (χ0v) is 7.44. The van der Waals surface area contributed by atoms with Gasteiger partial charge in [-0.25, -0.2) is 0 Å². The summed E-state index contributed by atoms with van der Waals surface area (Å²) in [5, 5.41) is 17.0. The third-order valence-corrected chi connectivity index (χ3v) is 3.91. The van der Waals surface area contributed by atoms with Gasteiger partial charge >= 0.3 is 0 Å². The first-order valence-electron chi connectivity index (χ1n) is 3.44. The van der Waals surface area contributed by atoms with Gasteiger partial charge in [0.2, 0.25) is 0 Å².